The Hall–Kier alpha value is -1.80. The maximum Gasteiger partial charge on any atom is 0.119 e. The molecular weight excluding hydrogens is 258 g/mol. The van der Waals surface area contributed by atoms with Gasteiger partial charge in [0.05, 0.1) is 13.2 Å². The third-order valence-electron chi connectivity index (χ3n) is 4.94. The molecule has 1 fully saturated rings. The lowest BCUT2D eigenvalue weighted by molar-refractivity contribution is 0.139. The van der Waals surface area contributed by atoms with E-state index in [4.69, 9.17) is 4.74 Å². The molecule has 0 radical (unpaired) electrons. The average Bonchev–Trinajstić information content (AvgIpc) is 2.89. The molecule has 0 spiro atoms. The average molecular weight is 279 g/mol. The van der Waals surface area contributed by atoms with E-state index in [0.29, 0.717) is 12.1 Å². The standard InChI is InChI=1S/C19H21NO/c1-21-15-10-11-16-17(13-15)19(14-7-3-2-4-8-14)20-12-6-5-9-18(16)20/h2-4,7-8,10-11,13,18-19H,5-6,9,12H2,1H3/t18-,19+/m1/s1. The highest BCUT2D eigenvalue weighted by molar-refractivity contribution is 5.47. The van der Waals surface area contributed by atoms with Crippen molar-refractivity contribution in [3.8, 4) is 5.75 Å². The summed E-state index contributed by atoms with van der Waals surface area (Å²) in [7, 11) is 1.75. The number of benzene rings is 2. The van der Waals surface area contributed by atoms with E-state index in [1.807, 2.05) is 0 Å². The van der Waals surface area contributed by atoms with E-state index in [2.05, 4.69) is 53.4 Å². The minimum absolute atomic E-state index is 0.390. The molecule has 2 heterocycles. The van der Waals surface area contributed by atoms with Gasteiger partial charge in [-0.25, -0.2) is 0 Å². The molecule has 0 saturated carbocycles. The molecular formula is C19H21NO. The van der Waals surface area contributed by atoms with Crippen LogP contribution in [0.1, 0.15) is 48.0 Å². The Morgan fingerprint density at radius 3 is 2.67 bits per heavy atom. The topological polar surface area (TPSA) is 12.5 Å². The highest BCUT2D eigenvalue weighted by Crippen LogP contribution is 2.50. The highest BCUT2D eigenvalue weighted by Gasteiger charge is 2.40. The van der Waals surface area contributed by atoms with Gasteiger partial charge in [-0.1, -0.05) is 42.8 Å². The van der Waals surface area contributed by atoms with Crippen molar-refractivity contribution in [3.63, 3.8) is 0 Å². The molecule has 0 amide bonds. The van der Waals surface area contributed by atoms with Crippen LogP contribution < -0.4 is 4.74 Å². The maximum atomic E-state index is 5.46. The quantitative estimate of drug-likeness (QED) is 0.811. The lowest BCUT2D eigenvalue weighted by atomic mass is 9.96. The summed E-state index contributed by atoms with van der Waals surface area (Å²) >= 11 is 0. The molecule has 0 unspecified atom stereocenters. The number of ether oxygens (including phenoxy) is 1. The molecule has 108 valence electrons. The van der Waals surface area contributed by atoms with Crippen molar-refractivity contribution in [1.29, 1.82) is 0 Å². The van der Waals surface area contributed by atoms with Gasteiger partial charge in [-0.15, -0.1) is 0 Å². The van der Waals surface area contributed by atoms with Crippen LogP contribution in [0.15, 0.2) is 48.5 Å². The second-order valence-corrected chi connectivity index (χ2v) is 6.06. The van der Waals surface area contributed by atoms with Crippen LogP contribution in [0.25, 0.3) is 0 Å². The van der Waals surface area contributed by atoms with Gasteiger partial charge in [-0.05, 0) is 48.2 Å². The van der Waals surface area contributed by atoms with Crippen LogP contribution in [-0.4, -0.2) is 18.6 Å². The predicted molar refractivity (Wildman–Crippen MR) is 84.6 cm³/mol. The van der Waals surface area contributed by atoms with Gasteiger partial charge in [0.1, 0.15) is 5.75 Å². The van der Waals surface area contributed by atoms with Gasteiger partial charge in [0.2, 0.25) is 0 Å². The second kappa shape index (κ2) is 5.19. The Balaban J connectivity index is 1.85. The lowest BCUT2D eigenvalue weighted by Crippen LogP contribution is -2.31. The van der Waals surface area contributed by atoms with Gasteiger partial charge in [0, 0.05) is 6.04 Å². The first-order valence-electron chi connectivity index (χ1n) is 7.87. The molecule has 0 aliphatic carbocycles. The molecule has 0 bridgehead atoms. The van der Waals surface area contributed by atoms with Crippen LogP contribution in [0.4, 0.5) is 0 Å². The molecule has 2 heteroatoms. The monoisotopic (exact) mass is 279 g/mol. The van der Waals surface area contributed by atoms with E-state index in [9.17, 15) is 0 Å². The Bertz CT molecular complexity index is 637. The summed E-state index contributed by atoms with van der Waals surface area (Å²) in [6.07, 6.45) is 3.93. The van der Waals surface area contributed by atoms with Crippen molar-refractivity contribution in [2.45, 2.75) is 31.3 Å². The zero-order chi connectivity index (χ0) is 14.2. The number of rotatable bonds is 2. The van der Waals surface area contributed by atoms with E-state index in [1.54, 1.807) is 7.11 Å². The Labute approximate surface area is 126 Å². The Morgan fingerprint density at radius 1 is 1.00 bits per heavy atom. The summed E-state index contributed by atoms with van der Waals surface area (Å²) in [5.74, 6) is 0.967. The number of fused-ring (bicyclic) bond motifs is 3. The van der Waals surface area contributed by atoms with Gasteiger partial charge >= 0.3 is 0 Å². The number of piperidine rings is 1. The highest BCUT2D eigenvalue weighted by atomic mass is 16.5. The molecule has 21 heavy (non-hydrogen) atoms. The fraction of sp³-hybridized carbons (Fsp3) is 0.368. The first-order chi connectivity index (χ1) is 10.4. The van der Waals surface area contributed by atoms with Crippen LogP contribution in [0, 0.1) is 0 Å². The summed E-state index contributed by atoms with van der Waals surface area (Å²) in [5.41, 5.74) is 4.34. The predicted octanol–water partition coefficient (Wildman–Crippen LogP) is 4.33. The van der Waals surface area contributed by atoms with Crippen molar-refractivity contribution in [1.82, 2.24) is 4.90 Å². The number of methoxy groups -OCH3 is 1. The molecule has 2 aliphatic rings. The van der Waals surface area contributed by atoms with Crippen molar-refractivity contribution < 1.29 is 4.74 Å². The van der Waals surface area contributed by atoms with E-state index >= 15 is 0 Å². The van der Waals surface area contributed by atoms with Gasteiger partial charge < -0.3 is 4.74 Å². The van der Waals surface area contributed by atoms with E-state index in [-0.39, 0.29) is 0 Å². The molecule has 2 aromatic rings. The first kappa shape index (κ1) is 12.9. The van der Waals surface area contributed by atoms with E-state index < -0.39 is 0 Å². The number of nitrogens with zero attached hydrogens (tertiary/aromatic N) is 1. The Kier molecular flexibility index (Phi) is 3.19. The van der Waals surface area contributed by atoms with Crippen LogP contribution in [0.2, 0.25) is 0 Å². The third-order valence-corrected chi connectivity index (χ3v) is 4.94. The van der Waals surface area contributed by atoms with Gasteiger partial charge in [-0.2, -0.15) is 0 Å². The summed E-state index contributed by atoms with van der Waals surface area (Å²) < 4.78 is 5.46. The summed E-state index contributed by atoms with van der Waals surface area (Å²) in [4.78, 5) is 2.68. The normalized spacial score (nSPS) is 24.4. The smallest absolute Gasteiger partial charge is 0.119 e. The molecule has 2 nitrogen and oxygen atoms in total. The molecule has 2 atom stereocenters. The SMILES string of the molecule is COc1ccc2c(c1)[C@H](c1ccccc1)N1CCCC[C@H]21. The van der Waals surface area contributed by atoms with Crippen molar-refractivity contribution >= 4 is 0 Å². The van der Waals surface area contributed by atoms with Crippen molar-refractivity contribution in [2.75, 3.05) is 13.7 Å². The largest absolute Gasteiger partial charge is 0.497 e. The molecule has 4 rings (SSSR count). The van der Waals surface area contributed by atoms with Gasteiger partial charge in [0.25, 0.3) is 0 Å². The second-order valence-electron chi connectivity index (χ2n) is 6.06. The molecule has 1 saturated heterocycles. The lowest BCUT2D eigenvalue weighted by Gasteiger charge is -2.34. The van der Waals surface area contributed by atoms with Crippen LogP contribution >= 0.6 is 0 Å². The summed E-state index contributed by atoms with van der Waals surface area (Å²) in [5, 5.41) is 0. The molecule has 2 aliphatic heterocycles. The van der Waals surface area contributed by atoms with E-state index in [1.165, 1.54) is 42.5 Å². The maximum absolute atomic E-state index is 5.46. The number of hydrogen-bond donors (Lipinski definition) is 0. The minimum Gasteiger partial charge on any atom is -0.497 e. The van der Waals surface area contributed by atoms with Gasteiger partial charge in [-0.3, -0.25) is 4.90 Å². The van der Waals surface area contributed by atoms with Gasteiger partial charge in [0.15, 0.2) is 0 Å². The molecule has 0 aromatic heterocycles. The summed E-state index contributed by atoms with van der Waals surface area (Å²) in [6.45, 7) is 1.20. The molecule has 2 aromatic carbocycles. The number of hydrogen-bond acceptors (Lipinski definition) is 2. The Morgan fingerprint density at radius 2 is 1.86 bits per heavy atom. The zero-order valence-electron chi connectivity index (χ0n) is 12.5. The molecule has 0 N–H and O–H groups in total. The van der Waals surface area contributed by atoms with E-state index in [0.717, 1.165) is 5.75 Å². The van der Waals surface area contributed by atoms with Crippen LogP contribution in [0.3, 0.4) is 0 Å². The summed E-state index contributed by atoms with van der Waals surface area (Å²) in [6, 6.07) is 18.5. The van der Waals surface area contributed by atoms with Crippen molar-refractivity contribution in [3.05, 3.63) is 65.2 Å². The van der Waals surface area contributed by atoms with Crippen LogP contribution in [-0.2, 0) is 0 Å². The fourth-order valence-corrected chi connectivity index (χ4v) is 4.00. The zero-order valence-corrected chi connectivity index (χ0v) is 12.5. The fourth-order valence-electron chi connectivity index (χ4n) is 4.00. The first-order valence-corrected chi connectivity index (χ1v) is 7.87. The van der Waals surface area contributed by atoms with Crippen molar-refractivity contribution in [2.24, 2.45) is 0 Å². The van der Waals surface area contributed by atoms with Crippen LogP contribution in [0.5, 0.6) is 5.75 Å². The minimum atomic E-state index is 0.390. The third kappa shape index (κ3) is 2.06.